The first kappa shape index (κ1) is 13.9. The predicted molar refractivity (Wildman–Crippen MR) is 68.1 cm³/mol. The number of rotatable bonds is 3. The number of nitrogens with one attached hydrogen (secondary N) is 2. The lowest BCUT2D eigenvalue weighted by Gasteiger charge is -2.10. The summed E-state index contributed by atoms with van der Waals surface area (Å²) in [5.41, 5.74) is -0.152. The van der Waals surface area contributed by atoms with Gasteiger partial charge in [0.1, 0.15) is 11.5 Å². The number of aromatic nitrogens is 1. The molecule has 0 unspecified atom stereocenters. The molecule has 0 saturated carbocycles. The molecule has 2 rings (SSSR count). The van der Waals surface area contributed by atoms with Crippen LogP contribution < -0.4 is 10.6 Å². The number of carbonyl (C=O) groups is 1. The van der Waals surface area contributed by atoms with Crippen LogP contribution in [-0.4, -0.2) is 17.9 Å². The van der Waals surface area contributed by atoms with Crippen LogP contribution in [0.4, 0.5) is 24.5 Å². The third-order valence-corrected chi connectivity index (χ3v) is 2.58. The van der Waals surface area contributed by atoms with Gasteiger partial charge in [0.2, 0.25) is 0 Å². The Morgan fingerprint density at radius 1 is 1.20 bits per heavy atom. The monoisotopic (exact) mass is 281 g/mol. The second-order valence-corrected chi connectivity index (χ2v) is 3.87. The number of anilines is 2. The first-order valence-corrected chi connectivity index (χ1v) is 5.60. The number of hydrogen-bond acceptors (Lipinski definition) is 3. The fraction of sp³-hybridized carbons (Fsp3) is 0.0769. The van der Waals surface area contributed by atoms with Gasteiger partial charge in [-0.1, -0.05) is 0 Å². The molecule has 104 valence electrons. The molecule has 0 bridgehead atoms. The van der Waals surface area contributed by atoms with E-state index in [-0.39, 0.29) is 5.56 Å². The van der Waals surface area contributed by atoms with Crippen LogP contribution in [0.5, 0.6) is 0 Å². The van der Waals surface area contributed by atoms with Gasteiger partial charge in [0.25, 0.3) is 5.91 Å². The summed E-state index contributed by atoms with van der Waals surface area (Å²) >= 11 is 0. The molecule has 1 aromatic carbocycles. The highest BCUT2D eigenvalue weighted by molar-refractivity contribution is 6.07. The number of carbonyl (C=O) groups excluding carboxylic acids is 1. The van der Waals surface area contributed by atoms with Gasteiger partial charge in [-0.25, -0.2) is 13.2 Å². The lowest BCUT2D eigenvalue weighted by molar-refractivity contribution is 0.102. The molecule has 2 aromatic rings. The van der Waals surface area contributed by atoms with E-state index in [9.17, 15) is 18.0 Å². The van der Waals surface area contributed by atoms with Crippen molar-refractivity contribution >= 4 is 17.3 Å². The Morgan fingerprint density at radius 2 is 1.85 bits per heavy atom. The highest BCUT2D eigenvalue weighted by Gasteiger charge is 2.17. The van der Waals surface area contributed by atoms with Crippen molar-refractivity contribution in [3.05, 3.63) is 53.6 Å². The molecule has 1 aromatic heterocycles. The molecule has 1 heterocycles. The van der Waals surface area contributed by atoms with Crippen LogP contribution in [0.1, 0.15) is 10.4 Å². The number of benzene rings is 1. The van der Waals surface area contributed by atoms with E-state index in [4.69, 9.17) is 0 Å². The quantitative estimate of drug-likeness (QED) is 0.909. The van der Waals surface area contributed by atoms with Crippen LogP contribution in [0.2, 0.25) is 0 Å². The van der Waals surface area contributed by atoms with E-state index in [0.29, 0.717) is 17.8 Å². The van der Waals surface area contributed by atoms with Gasteiger partial charge in [0.05, 0.1) is 5.56 Å². The lowest BCUT2D eigenvalue weighted by atomic mass is 10.2. The number of nitrogens with zero attached hydrogens (tertiary/aromatic N) is 1. The van der Waals surface area contributed by atoms with Crippen LogP contribution in [0.3, 0.4) is 0 Å². The van der Waals surface area contributed by atoms with Crippen molar-refractivity contribution in [2.75, 3.05) is 17.7 Å². The summed E-state index contributed by atoms with van der Waals surface area (Å²) in [6, 6.07) is 2.51. The minimum Gasteiger partial charge on any atom is -0.387 e. The predicted octanol–water partition coefficient (Wildman–Crippen LogP) is 2.79. The smallest absolute Gasteiger partial charge is 0.259 e. The van der Waals surface area contributed by atoms with Crippen molar-refractivity contribution in [1.29, 1.82) is 0 Å². The zero-order chi connectivity index (χ0) is 14.7. The number of pyridine rings is 1. The first-order valence-electron chi connectivity index (χ1n) is 5.60. The topological polar surface area (TPSA) is 54.0 Å². The summed E-state index contributed by atoms with van der Waals surface area (Å²) in [5, 5.41) is 4.81. The molecule has 20 heavy (non-hydrogen) atoms. The molecule has 4 nitrogen and oxygen atoms in total. The Morgan fingerprint density at radius 3 is 2.45 bits per heavy atom. The molecule has 2 N–H and O–H groups in total. The SMILES string of the molecule is CNc1ccncc1C(=O)Nc1c(F)cc(F)cc1F. The Bertz CT molecular complexity index is 638. The summed E-state index contributed by atoms with van der Waals surface area (Å²) < 4.78 is 39.7. The number of halogens is 3. The number of hydrogen-bond donors (Lipinski definition) is 2. The van der Waals surface area contributed by atoms with E-state index in [1.54, 1.807) is 7.05 Å². The van der Waals surface area contributed by atoms with Gasteiger partial charge in [0.15, 0.2) is 11.6 Å². The molecule has 0 fully saturated rings. The molecule has 1 amide bonds. The van der Waals surface area contributed by atoms with Gasteiger partial charge >= 0.3 is 0 Å². The minimum absolute atomic E-state index is 0.109. The van der Waals surface area contributed by atoms with Gasteiger partial charge in [-0.3, -0.25) is 9.78 Å². The zero-order valence-electron chi connectivity index (χ0n) is 10.4. The van der Waals surface area contributed by atoms with Gasteiger partial charge in [-0.2, -0.15) is 0 Å². The van der Waals surface area contributed by atoms with Crippen molar-refractivity contribution in [2.45, 2.75) is 0 Å². The minimum atomic E-state index is -1.19. The highest BCUT2D eigenvalue weighted by Crippen LogP contribution is 2.22. The summed E-state index contributed by atoms with van der Waals surface area (Å²) in [6.07, 6.45) is 2.71. The largest absolute Gasteiger partial charge is 0.387 e. The van der Waals surface area contributed by atoms with E-state index in [1.807, 2.05) is 0 Å². The van der Waals surface area contributed by atoms with Crippen molar-refractivity contribution < 1.29 is 18.0 Å². The summed E-state index contributed by atoms with van der Waals surface area (Å²) in [7, 11) is 1.59. The van der Waals surface area contributed by atoms with Crippen LogP contribution >= 0.6 is 0 Å². The highest BCUT2D eigenvalue weighted by atomic mass is 19.1. The molecule has 0 atom stereocenters. The maximum absolute atomic E-state index is 13.4. The van der Waals surface area contributed by atoms with Crippen molar-refractivity contribution in [3.63, 3.8) is 0 Å². The van der Waals surface area contributed by atoms with E-state index < -0.39 is 29.0 Å². The van der Waals surface area contributed by atoms with E-state index in [1.165, 1.54) is 18.5 Å². The first-order chi connectivity index (χ1) is 9.52. The molecule has 0 saturated heterocycles. The Balaban J connectivity index is 2.33. The molecule has 0 aliphatic heterocycles. The standard InChI is InChI=1S/C13H10F3N3O/c1-17-11-2-3-18-6-8(11)13(20)19-12-9(15)4-7(14)5-10(12)16/h2-6H,1H3,(H,17,18)(H,19,20). The van der Waals surface area contributed by atoms with Gasteiger partial charge in [-0.05, 0) is 6.07 Å². The Labute approximate surface area is 112 Å². The molecule has 0 radical (unpaired) electrons. The van der Waals surface area contributed by atoms with Gasteiger partial charge < -0.3 is 10.6 Å². The summed E-state index contributed by atoms with van der Waals surface area (Å²) in [4.78, 5) is 15.7. The van der Waals surface area contributed by atoms with Gasteiger partial charge in [0, 0.05) is 37.3 Å². The summed E-state index contributed by atoms with van der Waals surface area (Å²) in [6.45, 7) is 0. The Kier molecular flexibility index (Phi) is 3.88. The van der Waals surface area contributed by atoms with Crippen molar-refractivity contribution in [2.24, 2.45) is 0 Å². The van der Waals surface area contributed by atoms with Gasteiger partial charge in [-0.15, -0.1) is 0 Å². The lowest BCUT2D eigenvalue weighted by Crippen LogP contribution is -2.16. The average Bonchev–Trinajstić information content (AvgIpc) is 2.42. The van der Waals surface area contributed by atoms with E-state index in [2.05, 4.69) is 15.6 Å². The third kappa shape index (κ3) is 2.71. The second kappa shape index (κ2) is 5.60. The number of amides is 1. The third-order valence-electron chi connectivity index (χ3n) is 2.58. The molecule has 7 heteroatoms. The second-order valence-electron chi connectivity index (χ2n) is 3.87. The summed E-state index contributed by atoms with van der Waals surface area (Å²) in [5.74, 6) is -4.20. The maximum Gasteiger partial charge on any atom is 0.259 e. The van der Waals surface area contributed by atoms with Crippen LogP contribution in [0.25, 0.3) is 0 Å². The van der Waals surface area contributed by atoms with Crippen LogP contribution in [-0.2, 0) is 0 Å². The molecule has 0 aliphatic carbocycles. The molecular weight excluding hydrogens is 271 g/mol. The van der Waals surface area contributed by atoms with Crippen LogP contribution in [0.15, 0.2) is 30.6 Å². The maximum atomic E-state index is 13.4. The van der Waals surface area contributed by atoms with E-state index in [0.717, 1.165) is 0 Å². The normalized spacial score (nSPS) is 10.2. The van der Waals surface area contributed by atoms with Crippen molar-refractivity contribution in [1.82, 2.24) is 4.98 Å². The van der Waals surface area contributed by atoms with E-state index >= 15 is 0 Å². The Hall–Kier alpha value is -2.57. The average molecular weight is 281 g/mol. The van der Waals surface area contributed by atoms with Crippen LogP contribution in [0, 0.1) is 17.5 Å². The molecular formula is C13H10F3N3O. The fourth-order valence-corrected chi connectivity index (χ4v) is 1.64. The zero-order valence-corrected chi connectivity index (χ0v) is 10.4. The molecule has 0 aliphatic rings. The molecule has 0 spiro atoms. The fourth-order valence-electron chi connectivity index (χ4n) is 1.64. The van der Waals surface area contributed by atoms with Crippen molar-refractivity contribution in [3.8, 4) is 0 Å².